The Morgan fingerprint density at radius 2 is 1.48 bits per heavy atom. The molecule has 0 radical (unpaired) electrons. The second-order valence-corrected chi connectivity index (χ2v) is 6.94. The van der Waals surface area contributed by atoms with E-state index >= 15 is 0 Å². The van der Waals surface area contributed by atoms with Gasteiger partial charge in [-0.3, -0.25) is 14.5 Å². The molecule has 0 aromatic heterocycles. The lowest BCUT2D eigenvalue weighted by Crippen LogP contribution is -2.56. The maximum absolute atomic E-state index is 12.6. The van der Waals surface area contributed by atoms with Gasteiger partial charge >= 0.3 is 0 Å². The lowest BCUT2D eigenvalue weighted by Gasteiger charge is -2.39. The van der Waals surface area contributed by atoms with Gasteiger partial charge in [0.15, 0.2) is 23.0 Å². The first-order valence-corrected chi connectivity index (χ1v) is 9.98. The number of anilines is 1. The Morgan fingerprint density at radius 1 is 0.839 bits per heavy atom. The van der Waals surface area contributed by atoms with Crippen molar-refractivity contribution in [3.63, 3.8) is 0 Å². The van der Waals surface area contributed by atoms with Gasteiger partial charge in [-0.1, -0.05) is 19.4 Å². The van der Waals surface area contributed by atoms with Gasteiger partial charge in [0.25, 0.3) is 5.91 Å². The van der Waals surface area contributed by atoms with Crippen LogP contribution in [0.25, 0.3) is 0 Å². The zero-order valence-corrected chi connectivity index (χ0v) is 18.4. The van der Waals surface area contributed by atoms with Gasteiger partial charge in [-0.2, -0.15) is 0 Å². The monoisotopic (exact) mass is 429 g/mol. The molecule has 1 atom stereocenters. The van der Waals surface area contributed by atoms with Crippen molar-refractivity contribution in [3.8, 4) is 28.7 Å². The highest BCUT2D eigenvalue weighted by molar-refractivity contribution is 6.51. The number of hydrogen-bond donors (Lipinski definition) is 0. The number of benzene rings is 2. The molecule has 31 heavy (non-hydrogen) atoms. The first-order valence-electron chi connectivity index (χ1n) is 9.98. The van der Waals surface area contributed by atoms with Crippen LogP contribution in [-0.4, -0.2) is 46.7 Å². The smallest absolute Gasteiger partial charge is 0.297 e. The third kappa shape index (κ3) is 4.10. The number of carbonyl (C=O) groups is 2. The minimum atomic E-state index is -0.783. The van der Waals surface area contributed by atoms with Gasteiger partial charge in [0.2, 0.25) is 11.5 Å². The molecule has 1 aliphatic rings. The molecule has 1 fully saturated rings. The molecule has 0 N–H and O–H groups in total. The summed E-state index contributed by atoms with van der Waals surface area (Å²) in [6.07, 6.45) is 1.89. The van der Waals surface area contributed by atoms with Gasteiger partial charge in [-0.25, -0.2) is 0 Å². The number of hydrogen-bond acceptors (Lipinski definition) is 7. The van der Waals surface area contributed by atoms with E-state index in [0.717, 1.165) is 12.8 Å². The SMILES string of the molecule is CCCCOc1cc([C@H]2C(=O)C(=O)N2c2cc(OC)c(OC)c(OC)c2)ccc1OC. The fourth-order valence-corrected chi connectivity index (χ4v) is 3.48. The largest absolute Gasteiger partial charge is 0.493 e. The van der Waals surface area contributed by atoms with Crippen molar-refractivity contribution in [1.82, 2.24) is 0 Å². The van der Waals surface area contributed by atoms with E-state index in [9.17, 15) is 9.59 Å². The van der Waals surface area contributed by atoms with Crippen LogP contribution in [0.2, 0.25) is 0 Å². The molecule has 0 unspecified atom stereocenters. The van der Waals surface area contributed by atoms with Crippen molar-refractivity contribution < 1.29 is 33.3 Å². The van der Waals surface area contributed by atoms with E-state index in [4.69, 9.17) is 23.7 Å². The number of carbonyl (C=O) groups excluding carboxylic acids is 2. The first kappa shape index (κ1) is 22.3. The normalized spacial score (nSPS) is 15.4. The first-order chi connectivity index (χ1) is 15.0. The Morgan fingerprint density at radius 3 is 2.03 bits per heavy atom. The molecule has 0 aliphatic carbocycles. The number of β-lactam (4-membered cyclic amide) rings is 1. The molecule has 166 valence electrons. The predicted octanol–water partition coefficient (Wildman–Crippen LogP) is 3.56. The molecule has 0 spiro atoms. The summed E-state index contributed by atoms with van der Waals surface area (Å²) in [6, 6.07) is 7.73. The van der Waals surface area contributed by atoms with Gasteiger partial charge in [0.05, 0.1) is 40.7 Å². The number of Topliss-reactive ketones (excluding diaryl/α,β-unsaturated/α-hetero) is 1. The predicted molar refractivity (Wildman–Crippen MR) is 115 cm³/mol. The van der Waals surface area contributed by atoms with Crippen molar-refractivity contribution in [3.05, 3.63) is 35.9 Å². The molecule has 3 rings (SSSR count). The molecule has 1 amide bonds. The summed E-state index contributed by atoms with van der Waals surface area (Å²) in [4.78, 5) is 26.5. The summed E-state index contributed by atoms with van der Waals surface area (Å²) < 4.78 is 27.3. The Kier molecular flexibility index (Phi) is 6.89. The third-order valence-electron chi connectivity index (χ3n) is 5.12. The molecule has 2 aromatic carbocycles. The van der Waals surface area contributed by atoms with Crippen molar-refractivity contribution in [2.45, 2.75) is 25.8 Å². The average molecular weight is 429 g/mol. The topological polar surface area (TPSA) is 83.5 Å². The fraction of sp³-hybridized carbons (Fsp3) is 0.391. The summed E-state index contributed by atoms with van der Waals surface area (Å²) in [6.45, 7) is 2.61. The van der Waals surface area contributed by atoms with E-state index in [1.54, 1.807) is 37.4 Å². The Hall–Kier alpha value is -3.42. The number of nitrogens with zero attached hydrogens (tertiary/aromatic N) is 1. The van der Waals surface area contributed by atoms with Crippen LogP contribution in [0.1, 0.15) is 31.4 Å². The highest BCUT2D eigenvalue weighted by atomic mass is 16.5. The van der Waals surface area contributed by atoms with Gasteiger partial charge in [0.1, 0.15) is 6.04 Å². The number of rotatable bonds is 10. The Labute approximate surface area is 181 Å². The van der Waals surface area contributed by atoms with Crippen molar-refractivity contribution in [1.29, 1.82) is 0 Å². The number of amides is 1. The van der Waals surface area contributed by atoms with Crippen molar-refractivity contribution >= 4 is 17.4 Å². The maximum Gasteiger partial charge on any atom is 0.297 e. The Balaban J connectivity index is 2.00. The summed E-state index contributed by atoms with van der Waals surface area (Å²) in [5.41, 5.74) is 1.10. The zero-order valence-electron chi connectivity index (χ0n) is 18.4. The minimum Gasteiger partial charge on any atom is -0.493 e. The lowest BCUT2D eigenvalue weighted by molar-refractivity contribution is -0.143. The van der Waals surface area contributed by atoms with Crippen LogP contribution >= 0.6 is 0 Å². The number of ether oxygens (including phenoxy) is 5. The van der Waals surface area contributed by atoms with Crippen LogP contribution in [0.15, 0.2) is 30.3 Å². The Bertz CT molecular complexity index is 947. The molecular formula is C23H27NO7. The van der Waals surface area contributed by atoms with Crippen LogP contribution in [0.3, 0.4) is 0 Å². The summed E-state index contributed by atoms with van der Waals surface area (Å²) >= 11 is 0. The molecule has 1 saturated heterocycles. The van der Waals surface area contributed by atoms with Crippen LogP contribution in [-0.2, 0) is 9.59 Å². The van der Waals surface area contributed by atoms with E-state index in [0.29, 0.717) is 46.6 Å². The molecule has 1 heterocycles. The summed E-state index contributed by atoms with van der Waals surface area (Å²) in [5, 5.41) is 0. The second kappa shape index (κ2) is 9.59. The van der Waals surface area contributed by atoms with E-state index < -0.39 is 17.7 Å². The minimum absolute atomic E-state index is 0.390. The van der Waals surface area contributed by atoms with Gasteiger partial charge in [0, 0.05) is 12.1 Å². The molecule has 2 aromatic rings. The fourth-order valence-electron chi connectivity index (χ4n) is 3.48. The molecule has 1 aliphatic heterocycles. The van der Waals surface area contributed by atoms with Crippen molar-refractivity contribution in [2.24, 2.45) is 0 Å². The van der Waals surface area contributed by atoms with E-state index in [2.05, 4.69) is 6.92 Å². The highest BCUT2D eigenvalue weighted by Crippen LogP contribution is 2.46. The number of unbranched alkanes of at least 4 members (excludes halogenated alkanes) is 1. The zero-order chi connectivity index (χ0) is 22.5. The highest BCUT2D eigenvalue weighted by Gasteiger charge is 2.48. The van der Waals surface area contributed by atoms with Crippen LogP contribution < -0.4 is 28.6 Å². The van der Waals surface area contributed by atoms with E-state index in [1.807, 2.05) is 0 Å². The van der Waals surface area contributed by atoms with Gasteiger partial charge < -0.3 is 23.7 Å². The molecule has 8 heteroatoms. The standard InChI is InChI=1S/C23H27NO7/c1-6-7-10-31-17-11-14(8-9-16(17)27-2)20-21(25)23(26)24(20)15-12-18(28-3)22(30-5)19(13-15)29-4/h8-9,11-13,20H,6-7,10H2,1-5H3/t20-/m0/s1. The molecular weight excluding hydrogens is 402 g/mol. The van der Waals surface area contributed by atoms with Crippen LogP contribution in [0.4, 0.5) is 5.69 Å². The average Bonchev–Trinajstić information content (AvgIpc) is 2.80. The van der Waals surface area contributed by atoms with E-state index in [-0.39, 0.29) is 0 Å². The van der Waals surface area contributed by atoms with Crippen LogP contribution in [0, 0.1) is 0 Å². The van der Waals surface area contributed by atoms with E-state index in [1.165, 1.54) is 26.2 Å². The van der Waals surface area contributed by atoms with Crippen LogP contribution in [0.5, 0.6) is 28.7 Å². The molecule has 0 saturated carbocycles. The maximum atomic E-state index is 12.6. The summed E-state index contributed by atoms with van der Waals surface area (Å²) in [5.74, 6) is 1.17. The molecule has 0 bridgehead atoms. The van der Waals surface area contributed by atoms with Gasteiger partial charge in [-0.05, 0) is 24.1 Å². The summed E-state index contributed by atoms with van der Waals surface area (Å²) in [7, 11) is 6.04. The number of ketones is 1. The van der Waals surface area contributed by atoms with Gasteiger partial charge in [-0.15, -0.1) is 0 Å². The quantitative estimate of drug-likeness (QED) is 0.324. The third-order valence-corrected chi connectivity index (χ3v) is 5.12. The molecule has 8 nitrogen and oxygen atoms in total. The number of methoxy groups -OCH3 is 4. The second-order valence-electron chi connectivity index (χ2n) is 6.94. The lowest BCUT2D eigenvalue weighted by atomic mass is 9.91. The van der Waals surface area contributed by atoms with Crippen molar-refractivity contribution in [2.75, 3.05) is 39.9 Å².